The minimum atomic E-state index is -0.765. The monoisotopic (exact) mass is 440 g/mol. The number of esters is 1. The van der Waals surface area contributed by atoms with Crippen molar-refractivity contribution in [1.29, 1.82) is 0 Å². The summed E-state index contributed by atoms with van der Waals surface area (Å²) in [5.41, 5.74) is 2.43. The van der Waals surface area contributed by atoms with Crippen molar-refractivity contribution >= 4 is 12.0 Å². The Labute approximate surface area is 187 Å². The number of hydrogen-bond acceptors (Lipinski definition) is 6. The van der Waals surface area contributed by atoms with E-state index >= 15 is 0 Å². The summed E-state index contributed by atoms with van der Waals surface area (Å²) in [5.74, 6) is 1.17. The van der Waals surface area contributed by atoms with Crippen molar-refractivity contribution in [2.24, 2.45) is 0 Å². The van der Waals surface area contributed by atoms with Gasteiger partial charge in [0, 0.05) is 13.1 Å². The van der Waals surface area contributed by atoms with Gasteiger partial charge in [0.25, 0.3) is 0 Å². The van der Waals surface area contributed by atoms with Crippen LogP contribution in [0.15, 0.2) is 53.7 Å². The number of benzene rings is 2. The fourth-order valence-electron chi connectivity index (χ4n) is 3.41. The summed E-state index contributed by atoms with van der Waals surface area (Å²) in [7, 11) is 4.66. The molecule has 0 fully saturated rings. The van der Waals surface area contributed by atoms with Crippen LogP contribution >= 0.6 is 0 Å². The maximum Gasteiger partial charge on any atom is 0.338 e. The number of aryl methyl sites for hydroxylation is 1. The molecular formula is C24H28N2O6. The molecule has 1 heterocycles. The Kier molecular flexibility index (Phi) is 7.25. The van der Waals surface area contributed by atoms with Crippen molar-refractivity contribution in [1.82, 2.24) is 10.2 Å². The van der Waals surface area contributed by atoms with Gasteiger partial charge in [-0.15, -0.1) is 0 Å². The second-order valence-corrected chi connectivity index (χ2v) is 7.27. The van der Waals surface area contributed by atoms with Gasteiger partial charge in [-0.3, -0.25) is 4.90 Å². The van der Waals surface area contributed by atoms with E-state index in [0.717, 1.165) is 5.56 Å². The van der Waals surface area contributed by atoms with E-state index in [4.69, 9.17) is 18.9 Å². The van der Waals surface area contributed by atoms with Crippen LogP contribution in [0.3, 0.4) is 0 Å². The molecule has 1 N–H and O–H groups in total. The molecule has 2 aromatic rings. The molecule has 0 spiro atoms. The van der Waals surface area contributed by atoms with Crippen molar-refractivity contribution in [3.63, 3.8) is 0 Å². The summed E-state index contributed by atoms with van der Waals surface area (Å²) in [6.07, 6.45) is 0. The maximum absolute atomic E-state index is 13.0. The van der Waals surface area contributed by atoms with Gasteiger partial charge in [-0.1, -0.05) is 17.7 Å². The standard InChI is InChI=1S/C24H28N2O6/c1-6-31-23(27)21-20(14-32-17-9-7-15(2)8-10-17)26(3)24(28)25-22(21)16-11-18(29-4)13-19(12-16)30-5/h7-13,22H,6,14H2,1-5H3,(H,25,28). The van der Waals surface area contributed by atoms with Gasteiger partial charge in [-0.2, -0.15) is 0 Å². The molecule has 1 aliphatic heterocycles. The minimum Gasteiger partial charge on any atom is -0.497 e. The number of urea groups is 1. The van der Waals surface area contributed by atoms with Crippen molar-refractivity contribution in [2.75, 3.05) is 34.5 Å². The number of methoxy groups -OCH3 is 2. The zero-order valence-corrected chi connectivity index (χ0v) is 18.9. The van der Waals surface area contributed by atoms with Crippen LogP contribution in [0.5, 0.6) is 17.2 Å². The van der Waals surface area contributed by atoms with E-state index in [2.05, 4.69) is 5.32 Å². The van der Waals surface area contributed by atoms with Crippen LogP contribution in [0.1, 0.15) is 24.1 Å². The van der Waals surface area contributed by atoms with Crippen LogP contribution in [0.4, 0.5) is 4.79 Å². The smallest absolute Gasteiger partial charge is 0.338 e. The Hall–Kier alpha value is -3.68. The highest BCUT2D eigenvalue weighted by molar-refractivity contribution is 5.95. The molecule has 8 heteroatoms. The van der Waals surface area contributed by atoms with Crippen LogP contribution in [-0.2, 0) is 9.53 Å². The summed E-state index contributed by atoms with van der Waals surface area (Å²) in [4.78, 5) is 27.2. The molecule has 1 aliphatic rings. The van der Waals surface area contributed by atoms with E-state index in [0.29, 0.717) is 28.5 Å². The lowest BCUT2D eigenvalue weighted by Gasteiger charge is -2.34. The van der Waals surface area contributed by atoms with Gasteiger partial charge in [0.05, 0.1) is 38.1 Å². The number of amides is 2. The third kappa shape index (κ3) is 4.96. The lowest BCUT2D eigenvalue weighted by atomic mass is 9.94. The van der Waals surface area contributed by atoms with Gasteiger partial charge in [0.1, 0.15) is 23.9 Å². The first-order chi connectivity index (χ1) is 15.4. The zero-order chi connectivity index (χ0) is 23.3. The molecule has 170 valence electrons. The van der Waals surface area contributed by atoms with Crippen LogP contribution in [0, 0.1) is 6.92 Å². The van der Waals surface area contributed by atoms with Crippen molar-refractivity contribution in [3.8, 4) is 17.2 Å². The number of hydrogen-bond donors (Lipinski definition) is 1. The second-order valence-electron chi connectivity index (χ2n) is 7.27. The highest BCUT2D eigenvalue weighted by atomic mass is 16.5. The highest BCUT2D eigenvalue weighted by Crippen LogP contribution is 2.35. The molecule has 1 unspecified atom stereocenters. The van der Waals surface area contributed by atoms with Gasteiger partial charge < -0.3 is 24.3 Å². The number of nitrogens with one attached hydrogen (secondary N) is 1. The van der Waals surface area contributed by atoms with Crippen LogP contribution in [0.2, 0.25) is 0 Å². The molecular weight excluding hydrogens is 412 g/mol. The van der Waals surface area contributed by atoms with Gasteiger partial charge in [-0.05, 0) is 43.7 Å². The number of carbonyl (C=O) groups is 2. The normalized spacial score (nSPS) is 15.8. The van der Waals surface area contributed by atoms with Gasteiger partial charge >= 0.3 is 12.0 Å². The molecule has 0 aromatic heterocycles. The second kappa shape index (κ2) is 10.1. The molecule has 0 bridgehead atoms. The topological polar surface area (TPSA) is 86.3 Å². The Balaban J connectivity index is 2.07. The van der Waals surface area contributed by atoms with Gasteiger partial charge in [0.2, 0.25) is 0 Å². The molecule has 0 saturated heterocycles. The molecule has 2 amide bonds. The van der Waals surface area contributed by atoms with E-state index in [1.165, 1.54) is 19.1 Å². The zero-order valence-electron chi connectivity index (χ0n) is 18.9. The van der Waals surface area contributed by atoms with Crippen molar-refractivity contribution < 1.29 is 28.5 Å². The Morgan fingerprint density at radius 1 is 1.03 bits per heavy atom. The summed E-state index contributed by atoms with van der Waals surface area (Å²) in [6.45, 7) is 3.92. The molecule has 32 heavy (non-hydrogen) atoms. The number of carbonyl (C=O) groups excluding carboxylic acids is 2. The predicted octanol–water partition coefficient (Wildman–Crippen LogP) is 3.60. The molecule has 0 saturated carbocycles. The number of likely N-dealkylation sites (N-methyl/N-ethyl adjacent to an activating group) is 1. The molecule has 3 rings (SSSR count). The van der Waals surface area contributed by atoms with Gasteiger partial charge in [0.15, 0.2) is 0 Å². The number of nitrogens with zero attached hydrogens (tertiary/aromatic N) is 1. The van der Waals surface area contributed by atoms with Crippen molar-refractivity contribution in [2.45, 2.75) is 19.9 Å². The first-order valence-corrected chi connectivity index (χ1v) is 10.2. The average molecular weight is 440 g/mol. The Bertz CT molecular complexity index is 993. The third-order valence-corrected chi connectivity index (χ3v) is 5.18. The number of ether oxygens (including phenoxy) is 4. The first kappa shape index (κ1) is 23.0. The molecule has 1 atom stereocenters. The first-order valence-electron chi connectivity index (χ1n) is 10.2. The van der Waals surface area contributed by atoms with Crippen molar-refractivity contribution in [3.05, 3.63) is 64.9 Å². The van der Waals surface area contributed by atoms with E-state index in [1.54, 1.807) is 32.2 Å². The van der Waals surface area contributed by atoms with Crippen LogP contribution in [0.25, 0.3) is 0 Å². The van der Waals surface area contributed by atoms with Crippen LogP contribution < -0.4 is 19.5 Å². The fraction of sp³-hybridized carbons (Fsp3) is 0.333. The molecule has 2 aromatic carbocycles. The third-order valence-electron chi connectivity index (χ3n) is 5.18. The molecule has 0 aliphatic carbocycles. The minimum absolute atomic E-state index is 0.0126. The highest BCUT2D eigenvalue weighted by Gasteiger charge is 2.37. The lowest BCUT2D eigenvalue weighted by Crippen LogP contribution is -2.48. The Morgan fingerprint density at radius 2 is 1.66 bits per heavy atom. The molecule has 0 radical (unpaired) electrons. The van der Waals surface area contributed by atoms with E-state index in [9.17, 15) is 9.59 Å². The SMILES string of the molecule is CCOC(=O)C1=C(COc2ccc(C)cc2)N(C)C(=O)NC1c1cc(OC)cc(OC)c1. The van der Waals surface area contributed by atoms with Gasteiger partial charge in [-0.25, -0.2) is 9.59 Å². The maximum atomic E-state index is 13.0. The average Bonchev–Trinajstić information content (AvgIpc) is 2.80. The summed E-state index contributed by atoms with van der Waals surface area (Å²) < 4.78 is 22.0. The summed E-state index contributed by atoms with van der Waals surface area (Å²) in [6, 6.07) is 11.6. The van der Waals surface area contributed by atoms with E-state index in [-0.39, 0.29) is 24.8 Å². The Morgan fingerprint density at radius 3 is 2.22 bits per heavy atom. The fourth-order valence-corrected chi connectivity index (χ4v) is 3.41. The molecule has 8 nitrogen and oxygen atoms in total. The summed E-state index contributed by atoms with van der Waals surface area (Å²) in [5, 5.41) is 2.87. The predicted molar refractivity (Wildman–Crippen MR) is 119 cm³/mol. The van der Waals surface area contributed by atoms with E-state index < -0.39 is 12.0 Å². The van der Waals surface area contributed by atoms with E-state index in [1.807, 2.05) is 31.2 Å². The summed E-state index contributed by atoms with van der Waals surface area (Å²) >= 11 is 0. The number of rotatable bonds is 8. The largest absolute Gasteiger partial charge is 0.497 e. The van der Waals surface area contributed by atoms with Crippen LogP contribution in [-0.4, -0.2) is 51.4 Å². The lowest BCUT2D eigenvalue weighted by molar-refractivity contribution is -0.139. The quantitative estimate of drug-likeness (QED) is 0.631.